The van der Waals surface area contributed by atoms with E-state index in [9.17, 15) is 18.0 Å². The second-order valence-electron chi connectivity index (χ2n) is 6.81. The number of carbonyl (C=O) groups is 2. The second kappa shape index (κ2) is 9.44. The summed E-state index contributed by atoms with van der Waals surface area (Å²) in [5.74, 6) is 0.0321. The van der Waals surface area contributed by atoms with E-state index in [0.717, 1.165) is 6.26 Å². The van der Waals surface area contributed by atoms with Crippen molar-refractivity contribution >= 4 is 27.5 Å². The van der Waals surface area contributed by atoms with Crippen molar-refractivity contribution in [2.75, 3.05) is 11.0 Å². The molecule has 0 bridgehead atoms. The maximum absolute atomic E-state index is 12.6. The summed E-state index contributed by atoms with van der Waals surface area (Å²) in [5.41, 5.74) is 0.875. The molecule has 3 aromatic rings. The summed E-state index contributed by atoms with van der Waals surface area (Å²) in [7, 11) is -3.41. The first-order valence-electron chi connectivity index (χ1n) is 9.37. The first kappa shape index (κ1) is 22.0. The Balaban J connectivity index is 1.64. The van der Waals surface area contributed by atoms with Crippen LogP contribution >= 0.6 is 0 Å². The van der Waals surface area contributed by atoms with Crippen molar-refractivity contribution in [3.8, 4) is 11.5 Å². The number of para-hydroxylation sites is 1. The molecular formula is C23H21NO6S. The third-order valence-corrected chi connectivity index (χ3v) is 4.78. The van der Waals surface area contributed by atoms with E-state index < -0.39 is 27.9 Å². The molecule has 8 heteroatoms. The molecule has 0 spiro atoms. The lowest BCUT2D eigenvalue weighted by atomic mass is 10.1. The Morgan fingerprint density at radius 3 is 2.13 bits per heavy atom. The van der Waals surface area contributed by atoms with Crippen molar-refractivity contribution in [3.63, 3.8) is 0 Å². The SMILES string of the molecule is CC(OC(=O)c1cccc(Oc2ccccc2)c1)C(=O)c1ccc(NS(C)(=O)=O)cc1. The van der Waals surface area contributed by atoms with Crippen LogP contribution in [-0.2, 0) is 14.8 Å². The minimum Gasteiger partial charge on any atom is -0.457 e. The third kappa shape index (κ3) is 6.42. The van der Waals surface area contributed by atoms with Gasteiger partial charge < -0.3 is 9.47 Å². The highest BCUT2D eigenvalue weighted by Gasteiger charge is 2.21. The summed E-state index contributed by atoms with van der Waals surface area (Å²) in [6.45, 7) is 1.48. The average molecular weight is 439 g/mol. The molecule has 1 unspecified atom stereocenters. The van der Waals surface area contributed by atoms with Crippen molar-refractivity contribution < 1.29 is 27.5 Å². The molecule has 0 aromatic heterocycles. The van der Waals surface area contributed by atoms with E-state index in [0.29, 0.717) is 22.7 Å². The van der Waals surface area contributed by atoms with Crippen LogP contribution in [0.5, 0.6) is 11.5 Å². The van der Waals surface area contributed by atoms with E-state index in [4.69, 9.17) is 9.47 Å². The number of hydrogen-bond donors (Lipinski definition) is 1. The molecule has 1 atom stereocenters. The van der Waals surface area contributed by atoms with Gasteiger partial charge in [0, 0.05) is 11.3 Å². The summed E-state index contributed by atoms with van der Waals surface area (Å²) < 4.78 is 35.9. The average Bonchev–Trinajstić information content (AvgIpc) is 2.73. The molecule has 3 aromatic carbocycles. The maximum Gasteiger partial charge on any atom is 0.338 e. The van der Waals surface area contributed by atoms with E-state index in [1.165, 1.54) is 37.3 Å². The number of Topliss-reactive ketones (excluding diaryl/α,β-unsaturated/α-hetero) is 1. The number of ketones is 1. The van der Waals surface area contributed by atoms with Gasteiger partial charge >= 0.3 is 5.97 Å². The van der Waals surface area contributed by atoms with Crippen molar-refractivity contribution in [2.45, 2.75) is 13.0 Å². The van der Waals surface area contributed by atoms with Crippen molar-refractivity contribution in [2.24, 2.45) is 0 Å². The number of ether oxygens (including phenoxy) is 2. The largest absolute Gasteiger partial charge is 0.457 e. The molecule has 3 rings (SSSR count). The van der Waals surface area contributed by atoms with Gasteiger partial charge in [0.05, 0.1) is 11.8 Å². The molecule has 31 heavy (non-hydrogen) atoms. The fourth-order valence-electron chi connectivity index (χ4n) is 2.74. The number of nitrogens with one attached hydrogen (secondary N) is 1. The molecule has 0 heterocycles. The molecule has 1 N–H and O–H groups in total. The molecule has 0 radical (unpaired) electrons. The van der Waals surface area contributed by atoms with Gasteiger partial charge in [0.25, 0.3) is 0 Å². The second-order valence-corrected chi connectivity index (χ2v) is 8.55. The van der Waals surface area contributed by atoms with Gasteiger partial charge in [-0.15, -0.1) is 0 Å². The van der Waals surface area contributed by atoms with Crippen LogP contribution in [0.15, 0.2) is 78.9 Å². The first-order chi connectivity index (χ1) is 14.7. The highest BCUT2D eigenvalue weighted by atomic mass is 32.2. The fourth-order valence-corrected chi connectivity index (χ4v) is 3.31. The number of esters is 1. The zero-order valence-corrected chi connectivity index (χ0v) is 17.8. The molecule has 160 valence electrons. The van der Waals surface area contributed by atoms with Crippen LogP contribution in [0.4, 0.5) is 5.69 Å². The summed E-state index contributed by atoms with van der Waals surface area (Å²) in [6.07, 6.45) is 0.00734. The summed E-state index contributed by atoms with van der Waals surface area (Å²) in [6, 6.07) is 21.5. The zero-order chi connectivity index (χ0) is 22.4. The standard InChI is InChI=1S/C23H21NO6S/c1-16(22(25)17-11-13-19(14-12-17)24-31(2,27)28)29-23(26)18-7-6-10-21(15-18)30-20-8-4-3-5-9-20/h3-16,24H,1-2H3. The van der Waals surface area contributed by atoms with Gasteiger partial charge in [0.1, 0.15) is 11.5 Å². The van der Waals surface area contributed by atoms with E-state index in [-0.39, 0.29) is 5.56 Å². The maximum atomic E-state index is 12.6. The summed E-state index contributed by atoms with van der Waals surface area (Å²) >= 11 is 0. The molecule has 0 aliphatic rings. The topological polar surface area (TPSA) is 98.8 Å². The van der Waals surface area contributed by atoms with Crippen molar-refractivity contribution in [1.29, 1.82) is 0 Å². The van der Waals surface area contributed by atoms with Crippen LogP contribution < -0.4 is 9.46 Å². The predicted molar refractivity (Wildman–Crippen MR) is 117 cm³/mol. The van der Waals surface area contributed by atoms with E-state index in [1.54, 1.807) is 30.3 Å². The van der Waals surface area contributed by atoms with Crippen LogP contribution in [0.3, 0.4) is 0 Å². The fraction of sp³-hybridized carbons (Fsp3) is 0.130. The number of rotatable bonds is 8. The predicted octanol–water partition coefficient (Wildman–Crippen LogP) is 4.28. The van der Waals surface area contributed by atoms with Gasteiger partial charge in [0.15, 0.2) is 6.10 Å². The summed E-state index contributed by atoms with van der Waals surface area (Å²) in [5, 5.41) is 0. The van der Waals surface area contributed by atoms with Crippen LogP contribution in [0.1, 0.15) is 27.6 Å². The lowest BCUT2D eigenvalue weighted by molar-refractivity contribution is 0.0318. The molecule has 0 aliphatic carbocycles. The van der Waals surface area contributed by atoms with Crippen LogP contribution in [0.2, 0.25) is 0 Å². The van der Waals surface area contributed by atoms with Crippen molar-refractivity contribution in [3.05, 3.63) is 90.0 Å². The molecule has 0 fully saturated rings. The molecule has 0 aliphatic heterocycles. The van der Waals surface area contributed by atoms with Crippen LogP contribution in [-0.4, -0.2) is 32.5 Å². The van der Waals surface area contributed by atoms with Crippen molar-refractivity contribution in [1.82, 2.24) is 0 Å². The first-order valence-corrected chi connectivity index (χ1v) is 11.3. The third-order valence-electron chi connectivity index (χ3n) is 4.17. The van der Waals surface area contributed by atoms with Gasteiger partial charge in [-0.05, 0) is 61.5 Å². The Morgan fingerprint density at radius 1 is 0.839 bits per heavy atom. The number of benzene rings is 3. The summed E-state index contributed by atoms with van der Waals surface area (Å²) in [4.78, 5) is 25.1. The molecular weight excluding hydrogens is 418 g/mol. The highest BCUT2D eigenvalue weighted by molar-refractivity contribution is 7.92. The monoisotopic (exact) mass is 439 g/mol. The lowest BCUT2D eigenvalue weighted by Crippen LogP contribution is -2.24. The van der Waals surface area contributed by atoms with Gasteiger partial charge in [0.2, 0.25) is 15.8 Å². The van der Waals surface area contributed by atoms with E-state index in [2.05, 4.69) is 4.72 Å². The molecule has 0 saturated heterocycles. The Kier molecular flexibility index (Phi) is 6.71. The quantitative estimate of drug-likeness (QED) is 0.416. The number of anilines is 1. The number of sulfonamides is 1. The molecule has 7 nitrogen and oxygen atoms in total. The number of hydrogen-bond acceptors (Lipinski definition) is 6. The van der Waals surface area contributed by atoms with Crippen LogP contribution in [0, 0.1) is 0 Å². The zero-order valence-electron chi connectivity index (χ0n) is 16.9. The van der Waals surface area contributed by atoms with E-state index in [1.807, 2.05) is 18.2 Å². The van der Waals surface area contributed by atoms with E-state index >= 15 is 0 Å². The smallest absolute Gasteiger partial charge is 0.338 e. The Hall–Kier alpha value is -3.65. The Bertz CT molecular complexity index is 1170. The van der Waals surface area contributed by atoms with Gasteiger partial charge in [-0.3, -0.25) is 9.52 Å². The van der Waals surface area contributed by atoms with Gasteiger partial charge in [-0.2, -0.15) is 0 Å². The lowest BCUT2D eigenvalue weighted by Gasteiger charge is -2.13. The Morgan fingerprint density at radius 2 is 1.48 bits per heavy atom. The number of carbonyl (C=O) groups excluding carboxylic acids is 2. The van der Waals surface area contributed by atoms with Crippen LogP contribution in [0.25, 0.3) is 0 Å². The Labute approximate surface area is 180 Å². The normalized spacial score (nSPS) is 11.9. The molecule has 0 saturated carbocycles. The molecule has 0 amide bonds. The highest BCUT2D eigenvalue weighted by Crippen LogP contribution is 2.22. The minimum atomic E-state index is -3.41. The van der Waals surface area contributed by atoms with Gasteiger partial charge in [-0.25, -0.2) is 13.2 Å². The van der Waals surface area contributed by atoms with Gasteiger partial charge in [-0.1, -0.05) is 24.3 Å². The minimum absolute atomic E-state index is 0.251.